The normalized spacial score (nSPS) is 18.2. The Bertz CT molecular complexity index is 848. The van der Waals surface area contributed by atoms with Crippen molar-refractivity contribution in [1.82, 2.24) is 5.32 Å². The molecule has 2 aromatic carbocycles. The predicted octanol–water partition coefficient (Wildman–Crippen LogP) is 3.17. The van der Waals surface area contributed by atoms with E-state index < -0.39 is 6.10 Å². The highest BCUT2D eigenvalue weighted by molar-refractivity contribution is 6.30. The van der Waals surface area contributed by atoms with E-state index >= 15 is 0 Å². The topological polar surface area (TPSA) is 67.4 Å². The number of amides is 2. The van der Waals surface area contributed by atoms with E-state index in [-0.39, 0.29) is 11.8 Å². The van der Waals surface area contributed by atoms with Gasteiger partial charge in [-0.05, 0) is 54.8 Å². The van der Waals surface area contributed by atoms with Gasteiger partial charge in [0.15, 0.2) is 6.10 Å². The van der Waals surface area contributed by atoms with Crippen LogP contribution >= 0.6 is 11.6 Å². The smallest absolute Gasteiger partial charge is 0.265 e. The van der Waals surface area contributed by atoms with Gasteiger partial charge in [0.1, 0.15) is 5.75 Å². The molecule has 4 rings (SSSR count). The molecule has 25 heavy (non-hydrogen) atoms. The summed E-state index contributed by atoms with van der Waals surface area (Å²) in [6, 6.07) is 12.5. The van der Waals surface area contributed by atoms with E-state index in [4.69, 9.17) is 16.3 Å². The lowest BCUT2D eigenvalue weighted by Gasteiger charge is -2.12. The Hall–Kier alpha value is -2.53. The summed E-state index contributed by atoms with van der Waals surface area (Å²) in [7, 11) is 0. The zero-order chi connectivity index (χ0) is 17.4. The Morgan fingerprint density at radius 1 is 1.12 bits per heavy atom. The molecular weight excluding hydrogens is 340 g/mol. The molecule has 0 aromatic heterocycles. The van der Waals surface area contributed by atoms with Crippen LogP contribution in [0.4, 0.5) is 5.69 Å². The van der Waals surface area contributed by atoms with Crippen LogP contribution in [0.1, 0.15) is 28.8 Å². The molecule has 0 radical (unpaired) electrons. The maximum Gasteiger partial charge on any atom is 0.265 e. The molecule has 0 spiro atoms. The monoisotopic (exact) mass is 356 g/mol. The van der Waals surface area contributed by atoms with Crippen molar-refractivity contribution in [3.8, 4) is 5.75 Å². The second-order valence-electron chi connectivity index (χ2n) is 6.38. The van der Waals surface area contributed by atoms with Gasteiger partial charge in [0, 0.05) is 28.7 Å². The van der Waals surface area contributed by atoms with Crippen LogP contribution in [0.3, 0.4) is 0 Å². The highest BCUT2D eigenvalue weighted by Crippen LogP contribution is 2.31. The molecule has 1 fully saturated rings. The minimum atomic E-state index is -0.600. The molecule has 0 saturated heterocycles. The number of hydrogen-bond acceptors (Lipinski definition) is 3. The SMILES string of the molecule is O=C(NC1CC1)c1cccc(NC(=O)[C@@H]2Cc3cc(Cl)ccc3O2)c1. The highest BCUT2D eigenvalue weighted by atomic mass is 35.5. The van der Waals surface area contributed by atoms with Crippen molar-refractivity contribution in [1.29, 1.82) is 0 Å². The predicted molar refractivity (Wildman–Crippen MR) is 95.1 cm³/mol. The Kier molecular flexibility index (Phi) is 4.09. The summed E-state index contributed by atoms with van der Waals surface area (Å²) in [6.07, 6.45) is 1.94. The standard InChI is InChI=1S/C19H17ClN2O3/c20-13-4-7-16-12(8-13)10-17(25-16)19(24)22-15-3-1-2-11(9-15)18(23)21-14-5-6-14/h1-4,7-9,14,17H,5-6,10H2,(H,21,23)(H,22,24)/t17-/m0/s1. The molecular formula is C19H17ClN2O3. The molecule has 128 valence electrons. The second kappa shape index (κ2) is 6.41. The summed E-state index contributed by atoms with van der Waals surface area (Å²) in [5.41, 5.74) is 2.03. The fraction of sp³-hybridized carbons (Fsp3) is 0.263. The minimum absolute atomic E-state index is 0.113. The van der Waals surface area contributed by atoms with Crippen LogP contribution in [0, 0.1) is 0 Å². The summed E-state index contributed by atoms with van der Waals surface area (Å²) < 4.78 is 5.68. The van der Waals surface area contributed by atoms with Crippen LogP contribution in [0.5, 0.6) is 5.75 Å². The van der Waals surface area contributed by atoms with Crippen molar-refractivity contribution >= 4 is 29.1 Å². The van der Waals surface area contributed by atoms with Crippen molar-refractivity contribution in [2.24, 2.45) is 0 Å². The van der Waals surface area contributed by atoms with Crippen LogP contribution in [-0.4, -0.2) is 24.0 Å². The first kappa shape index (κ1) is 16.0. The van der Waals surface area contributed by atoms with E-state index in [1.54, 1.807) is 36.4 Å². The Morgan fingerprint density at radius 2 is 1.96 bits per heavy atom. The number of halogens is 1. The van der Waals surface area contributed by atoms with E-state index in [1.807, 2.05) is 6.07 Å². The van der Waals surface area contributed by atoms with Gasteiger partial charge in [-0.15, -0.1) is 0 Å². The average molecular weight is 357 g/mol. The van der Waals surface area contributed by atoms with E-state index in [2.05, 4.69) is 10.6 Å². The maximum absolute atomic E-state index is 12.5. The van der Waals surface area contributed by atoms with Gasteiger partial charge in [-0.3, -0.25) is 9.59 Å². The number of ether oxygens (including phenoxy) is 1. The quantitative estimate of drug-likeness (QED) is 0.884. The lowest BCUT2D eigenvalue weighted by molar-refractivity contribution is -0.122. The van der Waals surface area contributed by atoms with Crippen molar-refractivity contribution in [3.63, 3.8) is 0 Å². The zero-order valence-corrected chi connectivity index (χ0v) is 14.2. The van der Waals surface area contributed by atoms with E-state index in [0.29, 0.717) is 34.5 Å². The van der Waals surface area contributed by atoms with Gasteiger partial charge in [0.05, 0.1) is 0 Å². The lowest BCUT2D eigenvalue weighted by atomic mass is 10.1. The van der Waals surface area contributed by atoms with Gasteiger partial charge < -0.3 is 15.4 Å². The minimum Gasteiger partial charge on any atom is -0.480 e. The van der Waals surface area contributed by atoms with Crippen LogP contribution in [0.2, 0.25) is 5.02 Å². The fourth-order valence-corrected chi connectivity index (χ4v) is 3.02. The van der Waals surface area contributed by atoms with Gasteiger partial charge in [0.25, 0.3) is 11.8 Å². The van der Waals surface area contributed by atoms with Crippen molar-refractivity contribution in [3.05, 3.63) is 58.6 Å². The van der Waals surface area contributed by atoms with Crippen LogP contribution < -0.4 is 15.4 Å². The summed E-state index contributed by atoms with van der Waals surface area (Å²) in [4.78, 5) is 24.6. The number of nitrogens with one attached hydrogen (secondary N) is 2. The van der Waals surface area contributed by atoms with Crippen LogP contribution in [0.15, 0.2) is 42.5 Å². The molecule has 1 heterocycles. The first-order chi connectivity index (χ1) is 12.1. The first-order valence-electron chi connectivity index (χ1n) is 8.25. The highest BCUT2D eigenvalue weighted by Gasteiger charge is 2.29. The molecule has 0 unspecified atom stereocenters. The molecule has 1 aliphatic heterocycles. The summed E-state index contributed by atoms with van der Waals surface area (Å²) in [5, 5.41) is 6.38. The number of rotatable bonds is 4. The molecule has 2 N–H and O–H groups in total. The summed E-state index contributed by atoms with van der Waals surface area (Å²) in [6.45, 7) is 0. The fourth-order valence-electron chi connectivity index (χ4n) is 2.82. The molecule has 2 aromatic rings. The van der Waals surface area contributed by atoms with Crippen LogP contribution in [0.25, 0.3) is 0 Å². The Labute approximate surface area is 150 Å². The van der Waals surface area contributed by atoms with Gasteiger partial charge in [-0.2, -0.15) is 0 Å². The van der Waals surface area contributed by atoms with Gasteiger partial charge in [-0.1, -0.05) is 17.7 Å². The van der Waals surface area contributed by atoms with Gasteiger partial charge >= 0.3 is 0 Å². The number of fused-ring (bicyclic) bond motifs is 1. The van der Waals surface area contributed by atoms with Crippen molar-refractivity contribution in [2.45, 2.75) is 31.4 Å². The number of carbonyl (C=O) groups is 2. The Balaban J connectivity index is 1.42. The van der Waals surface area contributed by atoms with Crippen molar-refractivity contribution < 1.29 is 14.3 Å². The molecule has 2 aliphatic rings. The van der Waals surface area contributed by atoms with Crippen LogP contribution in [-0.2, 0) is 11.2 Å². The number of anilines is 1. The van der Waals surface area contributed by atoms with Crippen molar-refractivity contribution in [2.75, 3.05) is 5.32 Å². The van der Waals surface area contributed by atoms with Gasteiger partial charge in [-0.25, -0.2) is 0 Å². The number of carbonyl (C=O) groups excluding carboxylic acids is 2. The van der Waals surface area contributed by atoms with E-state index in [1.165, 1.54) is 0 Å². The largest absolute Gasteiger partial charge is 0.480 e. The third-order valence-corrected chi connectivity index (χ3v) is 4.53. The van der Waals surface area contributed by atoms with E-state index in [0.717, 1.165) is 18.4 Å². The number of hydrogen-bond donors (Lipinski definition) is 2. The molecule has 1 atom stereocenters. The molecule has 5 nitrogen and oxygen atoms in total. The third kappa shape index (κ3) is 3.61. The van der Waals surface area contributed by atoms with E-state index in [9.17, 15) is 9.59 Å². The lowest BCUT2D eigenvalue weighted by Crippen LogP contribution is -2.31. The molecule has 6 heteroatoms. The third-order valence-electron chi connectivity index (χ3n) is 4.29. The average Bonchev–Trinajstić information content (AvgIpc) is 3.30. The molecule has 0 bridgehead atoms. The summed E-state index contributed by atoms with van der Waals surface area (Å²) in [5.74, 6) is 0.326. The second-order valence-corrected chi connectivity index (χ2v) is 6.82. The number of benzene rings is 2. The van der Waals surface area contributed by atoms with Gasteiger partial charge in [0.2, 0.25) is 0 Å². The zero-order valence-electron chi connectivity index (χ0n) is 13.4. The summed E-state index contributed by atoms with van der Waals surface area (Å²) >= 11 is 5.97. The molecule has 1 aliphatic carbocycles. The Morgan fingerprint density at radius 3 is 2.76 bits per heavy atom. The molecule has 1 saturated carbocycles. The molecule has 2 amide bonds. The maximum atomic E-state index is 12.5. The first-order valence-corrected chi connectivity index (χ1v) is 8.63.